The zero-order valence-corrected chi connectivity index (χ0v) is 18.6. The minimum atomic E-state index is -0.618. The summed E-state index contributed by atoms with van der Waals surface area (Å²) in [6, 6.07) is 1.68. The molecule has 1 aliphatic carbocycles. The lowest BCUT2D eigenvalue weighted by atomic mass is 9.81. The molecule has 8 nitrogen and oxygen atoms in total. The lowest BCUT2D eigenvalue weighted by Gasteiger charge is -2.32. The van der Waals surface area contributed by atoms with E-state index in [2.05, 4.69) is 0 Å². The molecular formula is C22H30N4O4S. The van der Waals surface area contributed by atoms with Crippen LogP contribution in [0, 0.1) is 11.8 Å². The minimum Gasteiger partial charge on any atom is -0.368 e. The van der Waals surface area contributed by atoms with Crippen LogP contribution >= 0.6 is 11.3 Å². The molecule has 3 heterocycles. The molecule has 1 aliphatic heterocycles. The molecule has 1 saturated carbocycles. The Morgan fingerprint density at radius 3 is 2.32 bits per heavy atom. The van der Waals surface area contributed by atoms with E-state index in [1.165, 1.54) is 33.3 Å². The van der Waals surface area contributed by atoms with Gasteiger partial charge >= 0.3 is 5.69 Å². The predicted octanol–water partition coefficient (Wildman–Crippen LogP) is 1.92. The number of thiophene rings is 1. The van der Waals surface area contributed by atoms with Gasteiger partial charge in [0.15, 0.2) is 0 Å². The SMILES string of the molecule is NC(=O)Cn1c(=O)n(CC2CCC(C(=O)N3CCCCCC3)CC2)c(=O)c2sccc21. The van der Waals surface area contributed by atoms with Crippen molar-refractivity contribution in [3.8, 4) is 0 Å². The maximum absolute atomic E-state index is 13.0. The molecule has 0 spiro atoms. The summed E-state index contributed by atoms with van der Waals surface area (Å²) < 4.78 is 3.01. The average Bonchev–Trinajstić information content (AvgIpc) is 3.09. The van der Waals surface area contributed by atoms with Gasteiger partial charge in [-0.05, 0) is 55.9 Å². The highest BCUT2D eigenvalue weighted by Gasteiger charge is 2.30. The van der Waals surface area contributed by atoms with Gasteiger partial charge < -0.3 is 10.6 Å². The molecule has 0 aromatic carbocycles. The molecule has 168 valence electrons. The van der Waals surface area contributed by atoms with Gasteiger partial charge in [0.2, 0.25) is 11.8 Å². The van der Waals surface area contributed by atoms with Crippen molar-refractivity contribution in [2.24, 2.45) is 17.6 Å². The minimum absolute atomic E-state index is 0.0531. The fourth-order valence-electron chi connectivity index (χ4n) is 5.00. The molecule has 2 aromatic heterocycles. The second kappa shape index (κ2) is 9.38. The lowest BCUT2D eigenvalue weighted by molar-refractivity contribution is -0.136. The first-order chi connectivity index (χ1) is 15.0. The van der Waals surface area contributed by atoms with E-state index in [0.717, 1.165) is 51.6 Å². The third kappa shape index (κ3) is 4.61. The van der Waals surface area contributed by atoms with Crippen molar-refractivity contribution in [3.05, 3.63) is 32.3 Å². The Balaban J connectivity index is 1.47. The van der Waals surface area contributed by atoms with E-state index in [1.54, 1.807) is 11.4 Å². The largest absolute Gasteiger partial charge is 0.368 e. The third-order valence-electron chi connectivity index (χ3n) is 6.70. The molecular weight excluding hydrogens is 416 g/mol. The van der Waals surface area contributed by atoms with Gasteiger partial charge in [-0.3, -0.25) is 23.5 Å². The van der Waals surface area contributed by atoms with Gasteiger partial charge in [-0.25, -0.2) is 4.79 Å². The smallest absolute Gasteiger partial charge is 0.332 e. The van der Waals surface area contributed by atoms with Crippen LogP contribution in [0.2, 0.25) is 0 Å². The van der Waals surface area contributed by atoms with Gasteiger partial charge in [-0.1, -0.05) is 12.8 Å². The third-order valence-corrected chi connectivity index (χ3v) is 7.60. The second-order valence-corrected chi connectivity index (χ2v) is 9.76. The number of carbonyl (C=O) groups is 2. The van der Waals surface area contributed by atoms with E-state index in [9.17, 15) is 19.2 Å². The molecule has 2 aromatic rings. The molecule has 0 radical (unpaired) electrons. The standard InChI is InChI=1S/C22H30N4O4S/c23-18(27)14-25-17-9-12-31-19(17)21(29)26(22(25)30)13-15-5-7-16(8-6-15)20(28)24-10-3-1-2-4-11-24/h9,12,15-16H,1-8,10-11,13-14H2,(H2,23,27). The van der Waals surface area contributed by atoms with Crippen molar-refractivity contribution in [3.63, 3.8) is 0 Å². The maximum Gasteiger partial charge on any atom is 0.332 e. The van der Waals surface area contributed by atoms with Crippen LogP contribution in [0.5, 0.6) is 0 Å². The first-order valence-corrected chi connectivity index (χ1v) is 12.1. The van der Waals surface area contributed by atoms with E-state index >= 15 is 0 Å². The van der Waals surface area contributed by atoms with E-state index in [1.807, 2.05) is 4.90 Å². The van der Waals surface area contributed by atoms with Gasteiger partial charge in [0, 0.05) is 25.6 Å². The Morgan fingerprint density at radius 2 is 1.68 bits per heavy atom. The first kappa shape index (κ1) is 21.8. The van der Waals surface area contributed by atoms with Gasteiger partial charge in [0.05, 0.1) is 5.52 Å². The van der Waals surface area contributed by atoms with Crippen LogP contribution in [0.1, 0.15) is 51.4 Å². The molecule has 1 saturated heterocycles. The molecule has 9 heteroatoms. The number of hydrogen-bond acceptors (Lipinski definition) is 5. The fourth-order valence-corrected chi connectivity index (χ4v) is 5.85. The summed E-state index contributed by atoms with van der Waals surface area (Å²) >= 11 is 1.27. The summed E-state index contributed by atoms with van der Waals surface area (Å²) in [4.78, 5) is 52.3. The summed E-state index contributed by atoms with van der Waals surface area (Å²) in [5, 5.41) is 1.74. The number of amides is 2. The summed E-state index contributed by atoms with van der Waals surface area (Å²) in [5.74, 6) is -0.121. The highest BCUT2D eigenvalue weighted by Crippen LogP contribution is 2.31. The van der Waals surface area contributed by atoms with Gasteiger partial charge in [0.25, 0.3) is 5.56 Å². The topological polar surface area (TPSA) is 107 Å². The second-order valence-electron chi connectivity index (χ2n) is 8.84. The van der Waals surface area contributed by atoms with Crippen molar-refractivity contribution in [1.29, 1.82) is 0 Å². The molecule has 0 unspecified atom stereocenters. The van der Waals surface area contributed by atoms with Gasteiger partial charge in [-0.15, -0.1) is 11.3 Å². The van der Waals surface area contributed by atoms with Crippen molar-refractivity contribution < 1.29 is 9.59 Å². The normalized spacial score (nSPS) is 22.4. The molecule has 2 amide bonds. The number of likely N-dealkylation sites (tertiary alicyclic amines) is 1. The zero-order chi connectivity index (χ0) is 22.0. The van der Waals surface area contributed by atoms with Crippen LogP contribution in [-0.2, 0) is 22.7 Å². The number of rotatable bonds is 5. The van der Waals surface area contributed by atoms with Crippen LogP contribution in [0.25, 0.3) is 10.2 Å². The van der Waals surface area contributed by atoms with Crippen LogP contribution in [-0.4, -0.2) is 38.9 Å². The molecule has 2 N–H and O–H groups in total. The summed E-state index contributed by atoms with van der Waals surface area (Å²) in [6.07, 6.45) is 7.81. The van der Waals surface area contributed by atoms with Crippen molar-refractivity contribution in [2.75, 3.05) is 13.1 Å². The number of hydrogen-bond donors (Lipinski definition) is 1. The van der Waals surface area contributed by atoms with Crippen LogP contribution in [0.3, 0.4) is 0 Å². The Kier molecular flexibility index (Phi) is 6.60. The summed E-state index contributed by atoms with van der Waals surface area (Å²) in [7, 11) is 0. The Bertz CT molecular complexity index is 1070. The Labute approximate surface area is 184 Å². The van der Waals surface area contributed by atoms with E-state index in [-0.39, 0.29) is 29.8 Å². The van der Waals surface area contributed by atoms with E-state index in [0.29, 0.717) is 16.8 Å². The molecule has 2 fully saturated rings. The Hall–Kier alpha value is -2.42. The maximum atomic E-state index is 13.0. The van der Waals surface area contributed by atoms with Crippen LogP contribution in [0.4, 0.5) is 0 Å². The zero-order valence-electron chi connectivity index (χ0n) is 17.8. The van der Waals surface area contributed by atoms with E-state index in [4.69, 9.17) is 5.73 Å². The highest BCUT2D eigenvalue weighted by molar-refractivity contribution is 7.17. The monoisotopic (exact) mass is 446 g/mol. The van der Waals surface area contributed by atoms with Crippen LogP contribution < -0.4 is 17.0 Å². The number of aromatic nitrogens is 2. The molecule has 31 heavy (non-hydrogen) atoms. The van der Waals surface area contributed by atoms with Crippen molar-refractivity contribution in [2.45, 2.75) is 64.5 Å². The number of nitrogens with zero attached hydrogens (tertiary/aromatic N) is 3. The number of carbonyl (C=O) groups excluding carboxylic acids is 2. The van der Waals surface area contributed by atoms with Crippen LogP contribution in [0.15, 0.2) is 21.0 Å². The number of fused-ring (bicyclic) bond motifs is 1. The predicted molar refractivity (Wildman–Crippen MR) is 120 cm³/mol. The lowest BCUT2D eigenvalue weighted by Crippen LogP contribution is -2.43. The molecule has 2 aliphatic rings. The molecule has 0 bridgehead atoms. The van der Waals surface area contributed by atoms with Crippen molar-refractivity contribution in [1.82, 2.24) is 14.0 Å². The summed E-state index contributed by atoms with van der Waals surface area (Å²) in [5.41, 5.74) is 4.99. The number of nitrogens with two attached hydrogens (primary N) is 1. The fraction of sp³-hybridized carbons (Fsp3) is 0.636. The van der Waals surface area contributed by atoms with Gasteiger partial charge in [0.1, 0.15) is 11.2 Å². The first-order valence-electron chi connectivity index (χ1n) is 11.2. The highest BCUT2D eigenvalue weighted by atomic mass is 32.1. The number of primary amides is 1. The van der Waals surface area contributed by atoms with Gasteiger partial charge in [-0.2, -0.15) is 0 Å². The summed E-state index contributed by atoms with van der Waals surface area (Å²) in [6.45, 7) is 1.81. The average molecular weight is 447 g/mol. The Morgan fingerprint density at radius 1 is 1.00 bits per heavy atom. The quantitative estimate of drug-likeness (QED) is 0.757. The molecule has 4 rings (SSSR count). The van der Waals surface area contributed by atoms with E-state index < -0.39 is 11.6 Å². The molecule has 0 atom stereocenters. The van der Waals surface area contributed by atoms with Crippen molar-refractivity contribution >= 4 is 33.4 Å².